The van der Waals surface area contributed by atoms with Crippen LogP contribution in [0.3, 0.4) is 0 Å². The lowest BCUT2D eigenvalue weighted by molar-refractivity contribution is -0.366. The molecule has 3 N–H and O–H groups in total. The molecule has 0 fully saturated rings. The third-order valence-corrected chi connectivity index (χ3v) is 3.31. The Morgan fingerprint density at radius 2 is 1.94 bits per heavy atom. The number of ether oxygens (including phenoxy) is 2. The van der Waals surface area contributed by atoms with Crippen LogP contribution >= 0.6 is 11.8 Å². The predicted octanol–water partition coefficient (Wildman–Crippen LogP) is -1.01. The van der Waals surface area contributed by atoms with E-state index >= 15 is 0 Å². The Bertz CT molecular complexity index is 361. The van der Waals surface area contributed by atoms with Crippen LogP contribution in [-0.4, -0.2) is 26.0 Å². The van der Waals surface area contributed by atoms with Gasteiger partial charge in [-0.25, -0.2) is 0 Å². The monoisotopic (exact) mass is 291 g/mol. The summed E-state index contributed by atoms with van der Waals surface area (Å²) in [5.41, 5.74) is 5.07. The summed E-state index contributed by atoms with van der Waals surface area (Å²) in [6.45, 7) is 5.69. The highest BCUT2D eigenvalue weighted by atomic mass is 35.5. The van der Waals surface area contributed by atoms with Crippen molar-refractivity contribution in [2.24, 2.45) is 0 Å². The molecular weight excluding hydrogens is 270 g/mol. The lowest BCUT2D eigenvalue weighted by Gasteiger charge is -2.14. The summed E-state index contributed by atoms with van der Waals surface area (Å²) < 4.78 is 11.1. The van der Waals surface area contributed by atoms with Crippen molar-refractivity contribution < 1.29 is 27.6 Å². The van der Waals surface area contributed by atoms with Crippen LogP contribution in [-0.2, 0) is 6.42 Å². The Hall–Kier alpha value is -0.580. The number of hydrogen-bond acceptors (Lipinski definition) is 3. The number of quaternary nitrogens is 1. The fourth-order valence-electron chi connectivity index (χ4n) is 1.69. The van der Waals surface area contributed by atoms with E-state index in [0.29, 0.717) is 6.61 Å². The van der Waals surface area contributed by atoms with Crippen LogP contribution in [0.4, 0.5) is 0 Å². The molecule has 0 radical (unpaired) electrons. The molecule has 0 saturated heterocycles. The molecule has 1 aromatic carbocycles. The molecular formula is C13H22ClNO2S. The van der Waals surface area contributed by atoms with Crippen molar-refractivity contribution in [3.05, 3.63) is 17.7 Å². The maximum Gasteiger partial charge on any atom is 0.132 e. The van der Waals surface area contributed by atoms with Crippen LogP contribution in [0.25, 0.3) is 0 Å². The highest BCUT2D eigenvalue weighted by Crippen LogP contribution is 2.35. The minimum Gasteiger partial charge on any atom is -1.00 e. The van der Waals surface area contributed by atoms with Gasteiger partial charge in [0.2, 0.25) is 0 Å². The Morgan fingerprint density at radius 3 is 2.44 bits per heavy atom. The van der Waals surface area contributed by atoms with E-state index in [-0.39, 0.29) is 12.4 Å². The van der Waals surface area contributed by atoms with E-state index in [1.165, 1.54) is 5.56 Å². The number of benzene rings is 1. The summed E-state index contributed by atoms with van der Waals surface area (Å²) in [5, 5.41) is 0. The molecule has 0 heterocycles. The van der Waals surface area contributed by atoms with Gasteiger partial charge in [0.05, 0.1) is 25.2 Å². The van der Waals surface area contributed by atoms with Crippen LogP contribution in [0.15, 0.2) is 17.0 Å². The average molecular weight is 292 g/mol. The molecule has 1 rings (SSSR count). The van der Waals surface area contributed by atoms with Crippen molar-refractivity contribution in [1.29, 1.82) is 0 Å². The number of halogens is 1. The average Bonchev–Trinajstić information content (AvgIpc) is 2.33. The van der Waals surface area contributed by atoms with Gasteiger partial charge in [-0.05, 0) is 24.8 Å². The first-order valence-corrected chi connectivity index (χ1v) is 7.01. The molecule has 0 saturated carbocycles. The van der Waals surface area contributed by atoms with Gasteiger partial charge in [-0.2, -0.15) is 0 Å². The molecule has 0 amide bonds. The minimum atomic E-state index is 0. The van der Waals surface area contributed by atoms with E-state index in [0.717, 1.165) is 35.1 Å². The van der Waals surface area contributed by atoms with Crippen LogP contribution in [0.1, 0.15) is 19.4 Å². The second-order valence-electron chi connectivity index (χ2n) is 3.58. The quantitative estimate of drug-likeness (QED) is 0.655. The zero-order valence-electron chi connectivity index (χ0n) is 11.3. The Balaban J connectivity index is 0.00000289. The van der Waals surface area contributed by atoms with E-state index in [4.69, 9.17) is 9.47 Å². The normalized spacial score (nSPS) is 9.78. The number of rotatable bonds is 7. The van der Waals surface area contributed by atoms with Crippen molar-refractivity contribution in [1.82, 2.24) is 0 Å². The van der Waals surface area contributed by atoms with Gasteiger partial charge in [0.25, 0.3) is 0 Å². The van der Waals surface area contributed by atoms with Crippen LogP contribution in [0.5, 0.6) is 11.5 Å². The summed E-state index contributed by atoms with van der Waals surface area (Å²) in [7, 11) is 1.71. The summed E-state index contributed by atoms with van der Waals surface area (Å²) in [6.07, 6.45) is 0.919. The smallest absolute Gasteiger partial charge is 0.132 e. The van der Waals surface area contributed by atoms with E-state index in [1.54, 1.807) is 18.9 Å². The molecule has 104 valence electrons. The zero-order chi connectivity index (χ0) is 12.7. The fourth-order valence-corrected chi connectivity index (χ4v) is 2.47. The molecule has 3 nitrogen and oxygen atoms in total. The Morgan fingerprint density at radius 1 is 1.22 bits per heavy atom. The summed E-state index contributed by atoms with van der Waals surface area (Å²) in [5.74, 6) is 2.92. The van der Waals surface area contributed by atoms with Gasteiger partial charge in [0, 0.05) is 12.0 Å². The lowest BCUT2D eigenvalue weighted by Crippen LogP contribution is -3.00. The van der Waals surface area contributed by atoms with Crippen LogP contribution < -0.4 is 27.6 Å². The van der Waals surface area contributed by atoms with Crippen molar-refractivity contribution in [2.45, 2.75) is 25.2 Å². The summed E-state index contributed by atoms with van der Waals surface area (Å²) >= 11 is 1.77. The number of methoxy groups -OCH3 is 1. The number of hydrogen-bond donors (Lipinski definition) is 1. The Labute approximate surface area is 120 Å². The van der Waals surface area contributed by atoms with Crippen LogP contribution in [0.2, 0.25) is 0 Å². The second kappa shape index (κ2) is 9.36. The first-order chi connectivity index (χ1) is 8.26. The van der Waals surface area contributed by atoms with Crippen molar-refractivity contribution in [3.8, 4) is 11.5 Å². The molecule has 0 aliphatic rings. The van der Waals surface area contributed by atoms with Gasteiger partial charge in [-0.15, -0.1) is 11.8 Å². The van der Waals surface area contributed by atoms with E-state index in [2.05, 4.69) is 24.8 Å². The second-order valence-corrected chi connectivity index (χ2v) is 4.89. The lowest BCUT2D eigenvalue weighted by atomic mass is 10.1. The maximum atomic E-state index is 5.68. The fraction of sp³-hybridized carbons (Fsp3) is 0.538. The van der Waals surface area contributed by atoms with Crippen molar-refractivity contribution in [3.63, 3.8) is 0 Å². The largest absolute Gasteiger partial charge is 1.00 e. The third kappa shape index (κ3) is 4.59. The first kappa shape index (κ1) is 17.4. The van der Waals surface area contributed by atoms with Gasteiger partial charge in [-0.3, -0.25) is 0 Å². The van der Waals surface area contributed by atoms with E-state index in [1.807, 2.05) is 6.92 Å². The Kier molecular flexibility index (Phi) is 9.06. The van der Waals surface area contributed by atoms with Crippen LogP contribution in [0, 0.1) is 0 Å². The van der Waals surface area contributed by atoms with Gasteiger partial charge in [0.15, 0.2) is 0 Å². The zero-order valence-corrected chi connectivity index (χ0v) is 12.9. The molecule has 0 spiro atoms. The standard InChI is InChI=1S/C13H21NO2S.ClH/c1-4-16-11-9-13(17-5-2)12(15-3)8-10(11)6-7-14;/h8-9H,4-7,14H2,1-3H3;1H. The molecule has 0 aromatic heterocycles. The highest BCUT2D eigenvalue weighted by molar-refractivity contribution is 7.99. The van der Waals surface area contributed by atoms with Gasteiger partial charge in [-0.1, -0.05) is 6.92 Å². The van der Waals surface area contributed by atoms with Crippen molar-refractivity contribution >= 4 is 11.8 Å². The molecule has 0 aliphatic heterocycles. The van der Waals surface area contributed by atoms with Gasteiger partial charge in [0.1, 0.15) is 11.5 Å². The maximum absolute atomic E-state index is 5.68. The first-order valence-electron chi connectivity index (χ1n) is 6.02. The summed E-state index contributed by atoms with van der Waals surface area (Å²) in [6, 6.07) is 4.16. The highest BCUT2D eigenvalue weighted by Gasteiger charge is 2.11. The summed E-state index contributed by atoms with van der Waals surface area (Å²) in [4.78, 5) is 1.14. The number of thioether (sulfide) groups is 1. The van der Waals surface area contributed by atoms with Crippen molar-refractivity contribution in [2.75, 3.05) is 26.0 Å². The topological polar surface area (TPSA) is 46.1 Å². The molecule has 1 aromatic rings. The third-order valence-electron chi connectivity index (χ3n) is 2.39. The minimum absolute atomic E-state index is 0. The predicted molar refractivity (Wildman–Crippen MR) is 72.0 cm³/mol. The van der Waals surface area contributed by atoms with Gasteiger partial charge >= 0.3 is 0 Å². The molecule has 18 heavy (non-hydrogen) atoms. The van der Waals surface area contributed by atoms with Gasteiger partial charge < -0.3 is 27.6 Å². The van der Waals surface area contributed by atoms with E-state index in [9.17, 15) is 0 Å². The van der Waals surface area contributed by atoms with E-state index < -0.39 is 0 Å². The molecule has 0 bridgehead atoms. The molecule has 0 aliphatic carbocycles. The SMILES string of the molecule is CCOc1cc(SCC)c(OC)cc1CC[NH3+].[Cl-]. The molecule has 0 unspecified atom stereocenters. The molecule has 0 atom stereocenters. The molecule has 5 heteroatoms.